The minimum Gasteiger partial charge on any atom is -0.357 e. The molecule has 2 bridgehead atoms. The Bertz CT molecular complexity index is 835. The van der Waals surface area contributed by atoms with Gasteiger partial charge in [-0.3, -0.25) is 24.5 Å². The van der Waals surface area contributed by atoms with Crippen LogP contribution in [0.5, 0.6) is 0 Å². The fourth-order valence-corrected chi connectivity index (χ4v) is 5.04. The lowest BCUT2D eigenvalue weighted by Crippen LogP contribution is -2.38. The van der Waals surface area contributed by atoms with E-state index in [1.165, 1.54) is 16.0 Å². The number of fused-ring (bicyclic) bond motifs is 5. The van der Waals surface area contributed by atoms with E-state index in [4.69, 9.17) is 0 Å². The van der Waals surface area contributed by atoms with Gasteiger partial charge in [0.2, 0.25) is 11.8 Å². The molecule has 4 atom stereocenters. The van der Waals surface area contributed by atoms with E-state index in [2.05, 4.69) is 39.7 Å². The fourth-order valence-electron chi connectivity index (χ4n) is 5.04. The van der Waals surface area contributed by atoms with Crippen molar-refractivity contribution in [3.05, 3.63) is 41.7 Å². The Labute approximate surface area is 178 Å². The Kier molecular flexibility index (Phi) is 6.16. The Morgan fingerprint density at radius 3 is 2.60 bits per heavy atom. The van der Waals surface area contributed by atoms with Gasteiger partial charge in [-0.2, -0.15) is 0 Å². The Balaban J connectivity index is 1.24. The molecule has 3 aliphatic rings. The molecule has 0 aromatic carbocycles. The third kappa shape index (κ3) is 3.98. The monoisotopic (exact) mass is 409 g/mol. The summed E-state index contributed by atoms with van der Waals surface area (Å²) in [5.41, 5.74) is 2.46. The molecule has 2 fully saturated rings. The fraction of sp³-hybridized carbons (Fsp3) is 0.565. The number of amides is 2. The van der Waals surface area contributed by atoms with E-state index >= 15 is 0 Å². The minimum absolute atomic E-state index is 0.0311. The lowest BCUT2D eigenvalue weighted by molar-refractivity contribution is -0.140. The van der Waals surface area contributed by atoms with Gasteiger partial charge < -0.3 is 10.6 Å². The minimum atomic E-state index is -0.105. The van der Waals surface area contributed by atoms with Crippen LogP contribution in [0.2, 0.25) is 0 Å². The number of hydrogen-bond acceptors (Lipinski definition) is 4. The summed E-state index contributed by atoms with van der Waals surface area (Å²) in [6, 6.07) is 2.04. The molecule has 4 unspecified atom stereocenters. The molecule has 1 saturated carbocycles. The summed E-state index contributed by atoms with van der Waals surface area (Å²) < 4.78 is 0. The average molecular weight is 410 g/mol. The summed E-state index contributed by atoms with van der Waals surface area (Å²) in [4.78, 5) is 35.7. The van der Waals surface area contributed by atoms with E-state index < -0.39 is 0 Å². The molecule has 160 valence electrons. The van der Waals surface area contributed by atoms with Crippen molar-refractivity contribution in [2.75, 3.05) is 26.2 Å². The summed E-state index contributed by atoms with van der Waals surface area (Å²) in [7, 11) is 0. The molecule has 1 aromatic heterocycles. The predicted octanol–water partition coefficient (Wildman–Crippen LogP) is 1.68. The van der Waals surface area contributed by atoms with Crippen molar-refractivity contribution < 1.29 is 9.59 Å². The van der Waals surface area contributed by atoms with Gasteiger partial charge in [0, 0.05) is 38.6 Å². The quantitative estimate of drug-likeness (QED) is 0.224. The van der Waals surface area contributed by atoms with Crippen LogP contribution in [0.1, 0.15) is 30.9 Å². The van der Waals surface area contributed by atoms with Crippen molar-refractivity contribution in [3.63, 3.8) is 0 Å². The van der Waals surface area contributed by atoms with Gasteiger partial charge in [0.05, 0.1) is 11.8 Å². The van der Waals surface area contributed by atoms with Crippen LogP contribution < -0.4 is 10.6 Å². The third-order valence-electron chi connectivity index (χ3n) is 6.54. The molecule has 7 heteroatoms. The number of allylic oxidation sites excluding steroid dienone is 2. The number of aromatic nitrogens is 1. The molecule has 7 nitrogen and oxygen atoms in total. The topological polar surface area (TPSA) is 86.7 Å². The Hall–Kier alpha value is -2.70. The molecule has 2 amide bonds. The highest BCUT2D eigenvalue weighted by Crippen LogP contribution is 2.52. The molecule has 2 heterocycles. The maximum Gasteiger partial charge on any atom is 0.233 e. The molecule has 30 heavy (non-hydrogen) atoms. The zero-order valence-electron chi connectivity index (χ0n) is 17.8. The number of rotatable bonds is 8. The molecule has 0 spiro atoms. The molecular formula is C23H31N5O2. The second-order valence-corrected chi connectivity index (χ2v) is 8.42. The van der Waals surface area contributed by atoms with E-state index in [-0.39, 0.29) is 35.5 Å². The number of aliphatic imine (C=N–C) groups is 1. The van der Waals surface area contributed by atoms with Crippen LogP contribution in [0.4, 0.5) is 0 Å². The van der Waals surface area contributed by atoms with Crippen molar-refractivity contribution in [1.82, 2.24) is 20.5 Å². The summed E-state index contributed by atoms with van der Waals surface area (Å²) in [5.74, 6) is 1.16. The standard InChI is InChI=1S/C23H31N5O2/c1-3-25-23(27-11-8-16-7-10-24-14-15(16)2)26-9-4-12-28-21(29)19-17-5-6-18(13-17)20(19)22(28)30/h5-7,10,14,17-20H,3-4,8-9,11-13H2,1-2H3,(H2,25,26,27). The van der Waals surface area contributed by atoms with Crippen molar-refractivity contribution >= 4 is 17.8 Å². The van der Waals surface area contributed by atoms with Crippen molar-refractivity contribution in [3.8, 4) is 0 Å². The van der Waals surface area contributed by atoms with E-state index in [1.807, 2.05) is 25.4 Å². The van der Waals surface area contributed by atoms with E-state index in [9.17, 15) is 9.59 Å². The highest BCUT2D eigenvalue weighted by atomic mass is 16.2. The number of imide groups is 1. The molecule has 1 aromatic rings. The van der Waals surface area contributed by atoms with Crippen LogP contribution >= 0.6 is 0 Å². The number of hydrogen-bond donors (Lipinski definition) is 2. The second-order valence-electron chi connectivity index (χ2n) is 8.42. The van der Waals surface area contributed by atoms with Gasteiger partial charge in [-0.15, -0.1) is 0 Å². The number of likely N-dealkylation sites (tertiary alicyclic amines) is 1. The Morgan fingerprint density at radius 2 is 1.93 bits per heavy atom. The van der Waals surface area contributed by atoms with Crippen LogP contribution in [-0.2, 0) is 16.0 Å². The normalized spacial score (nSPS) is 27.1. The average Bonchev–Trinajstić information content (AvgIpc) is 3.41. The summed E-state index contributed by atoms with van der Waals surface area (Å²) in [6.07, 6.45) is 10.5. The number of carbonyl (C=O) groups excluding carboxylic acids is 2. The first-order valence-electron chi connectivity index (χ1n) is 11.1. The van der Waals surface area contributed by atoms with Crippen LogP contribution in [0.15, 0.2) is 35.6 Å². The molecule has 4 rings (SSSR count). The number of carbonyl (C=O) groups is 2. The van der Waals surface area contributed by atoms with Gasteiger partial charge in [0.1, 0.15) is 0 Å². The van der Waals surface area contributed by atoms with Crippen molar-refractivity contribution in [1.29, 1.82) is 0 Å². The van der Waals surface area contributed by atoms with Gasteiger partial charge in [-0.05, 0) is 62.1 Å². The summed E-state index contributed by atoms with van der Waals surface area (Å²) in [5, 5.41) is 6.61. The molecule has 1 saturated heterocycles. The lowest BCUT2D eigenvalue weighted by Gasteiger charge is -2.17. The molecule has 2 N–H and O–H groups in total. The smallest absolute Gasteiger partial charge is 0.233 e. The van der Waals surface area contributed by atoms with Crippen molar-refractivity contribution in [2.45, 2.75) is 33.1 Å². The van der Waals surface area contributed by atoms with Gasteiger partial charge >= 0.3 is 0 Å². The highest BCUT2D eigenvalue weighted by molar-refractivity contribution is 6.06. The first-order chi connectivity index (χ1) is 14.6. The van der Waals surface area contributed by atoms with E-state index in [0.717, 1.165) is 31.9 Å². The largest absolute Gasteiger partial charge is 0.357 e. The molecule has 0 radical (unpaired) electrons. The first-order valence-corrected chi connectivity index (χ1v) is 11.1. The maximum absolute atomic E-state index is 12.7. The van der Waals surface area contributed by atoms with Crippen LogP contribution in [-0.4, -0.2) is 53.8 Å². The zero-order chi connectivity index (χ0) is 21.1. The van der Waals surface area contributed by atoms with Crippen LogP contribution in [0, 0.1) is 30.6 Å². The third-order valence-corrected chi connectivity index (χ3v) is 6.54. The molecular weight excluding hydrogens is 378 g/mol. The maximum atomic E-state index is 12.7. The highest BCUT2D eigenvalue weighted by Gasteiger charge is 2.58. The molecule has 2 aliphatic carbocycles. The number of nitrogens with zero attached hydrogens (tertiary/aromatic N) is 3. The lowest BCUT2D eigenvalue weighted by atomic mass is 9.85. The predicted molar refractivity (Wildman–Crippen MR) is 116 cm³/mol. The SMILES string of the molecule is CCNC(=NCCCN1C(=O)C2C3C=CC(C3)C2C1=O)NCCc1ccncc1C. The van der Waals surface area contributed by atoms with Gasteiger partial charge in [-0.25, -0.2) is 0 Å². The number of pyridine rings is 1. The first kappa shape index (κ1) is 20.6. The number of aryl methyl sites for hydroxylation is 1. The van der Waals surface area contributed by atoms with Crippen LogP contribution in [0.3, 0.4) is 0 Å². The van der Waals surface area contributed by atoms with Crippen LogP contribution in [0.25, 0.3) is 0 Å². The van der Waals surface area contributed by atoms with Gasteiger partial charge in [0.25, 0.3) is 0 Å². The van der Waals surface area contributed by atoms with Gasteiger partial charge in [0.15, 0.2) is 5.96 Å². The number of guanidine groups is 1. The summed E-state index contributed by atoms with van der Waals surface area (Å²) in [6.45, 7) is 6.69. The van der Waals surface area contributed by atoms with Gasteiger partial charge in [-0.1, -0.05) is 12.2 Å². The second kappa shape index (κ2) is 8.98. The zero-order valence-corrected chi connectivity index (χ0v) is 17.8. The van der Waals surface area contributed by atoms with E-state index in [0.29, 0.717) is 19.5 Å². The Morgan fingerprint density at radius 1 is 1.20 bits per heavy atom. The number of nitrogens with one attached hydrogen (secondary N) is 2. The van der Waals surface area contributed by atoms with Crippen molar-refractivity contribution in [2.24, 2.45) is 28.7 Å². The molecule has 1 aliphatic heterocycles. The summed E-state index contributed by atoms with van der Waals surface area (Å²) >= 11 is 0. The van der Waals surface area contributed by atoms with E-state index in [1.54, 1.807) is 0 Å².